The van der Waals surface area contributed by atoms with E-state index in [2.05, 4.69) is 22.9 Å². The number of methoxy groups -OCH3 is 1. The van der Waals surface area contributed by atoms with Crippen LogP contribution in [0.2, 0.25) is 0 Å². The number of epoxide rings is 1. The van der Waals surface area contributed by atoms with Gasteiger partial charge in [0.2, 0.25) is 0 Å². The number of para-hydroxylation sites is 1. The standard InChI is InChI=1S/C21H19NO3/c1-24-17-9-6-15(7-10-17)21(23)11-8-16-12-22(13-18-14-25-18)20-5-3-2-4-19(16)20/h2-12,18H,13-14H2,1H3. The van der Waals surface area contributed by atoms with Crippen LogP contribution in [0.25, 0.3) is 17.0 Å². The summed E-state index contributed by atoms with van der Waals surface area (Å²) in [6.45, 7) is 1.68. The molecule has 1 aliphatic rings. The molecule has 1 atom stereocenters. The molecule has 0 spiro atoms. The summed E-state index contributed by atoms with van der Waals surface area (Å²) in [5.41, 5.74) is 2.85. The maximum atomic E-state index is 12.4. The molecule has 1 aliphatic heterocycles. The minimum Gasteiger partial charge on any atom is -0.497 e. The second kappa shape index (κ2) is 6.57. The van der Waals surface area contributed by atoms with Crippen LogP contribution in [0, 0.1) is 0 Å². The van der Waals surface area contributed by atoms with Gasteiger partial charge < -0.3 is 14.0 Å². The third kappa shape index (κ3) is 3.35. The second-order valence-corrected chi connectivity index (χ2v) is 6.14. The molecule has 0 amide bonds. The lowest BCUT2D eigenvalue weighted by molar-refractivity contribution is 0.104. The van der Waals surface area contributed by atoms with Crippen molar-refractivity contribution in [2.75, 3.05) is 13.7 Å². The number of ketones is 1. The van der Waals surface area contributed by atoms with Crippen molar-refractivity contribution in [3.05, 3.63) is 71.9 Å². The van der Waals surface area contributed by atoms with Gasteiger partial charge in [-0.15, -0.1) is 0 Å². The molecule has 4 rings (SSSR count). The van der Waals surface area contributed by atoms with E-state index in [9.17, 15) is 4.79 Å². The Labute approximate surface area is 146 Å². The summed E-state index contributed by atoms with van der Waals surface area (Å²) >= 11 is 0. The summed E-state index contributed by atoms with van der Waals surface area (Å²) in [6, 6.07) is 15.4. The largest absolute Gasteiger partial charge is 0.497 e. The monoisotopic (exact) mass is 333 g/mol. The Morgan fingerprint density at radius 3 is 2.72 bits per heavy atom. The highest BCUT2D eigenvalue weighted by Crippen LogP contribution is 2.25. The summed E-state index contributed by atoms with van der Waals surface area (Å²) in [4.78, 5) is 12.4. The number of fused-ring (bicyclic) bond motifs is 1. The van der Waals surface area contributed by atoms with Gasteiger partial charge >= 0.3 is 0 Å². The van der Waals surface area contributed by atoms with Crippen LogP contribution >= 0.6 is 0 Å². The first kappa shape index (κ1) is 15.7. The summed E-state index contributed by atoms with van der Waals surface area (Å²) < 4.78 is 12.7. The summed E-state index contributed by atoms with van der Waals surface area (Å²) in [5.74, 6) is 0.718. The highest BCUT2D eigenvalue weighted by atomic mass is 16.6. The number of hydrogen-bond acceptors (Lipinski definition) is 3. The van der Waals surface area contributed by atoms with Gasteiger partial charge in [0.25, 0.3) is 0 Å². The van der Waals surface area contributed by atoms with Crippen molar-refractivity contribution in [2.45, 2.75) is 12.6 Å². The molecule has 0 radical (unpaired) electrons. The van der Waals surface area contributed by atoms with Crippen LogP contribution in [-0.2, 0) is 11.3 Å². The minimum atomic E-state index is -0.0231. The van der Waals surface area contributed by atoms with Crippen molar-refractivity contribution in [2.24, 2.45) is 0 Å². The van der Waals surface area contributed by atoms with E-state index in [1.54, 1.807) is 37.5 Å². The van der Waals surface area contributed by atoms with E-state index >= 15 is 0 Å². The molecule has 4 heteroatoms. The van der Waals surface area contributed by atoms with E-state index in [-0.39, 0.29) is 5.78 Å². The third-order valence-corrected chi connectivity index (χ3v) is 4.41. The fraction of sp³-hybridized carbons (Fsp3) is 0.190. The number of carbonyl (C=O) groups excluding carboxylic acids is 1. The van der Waals surface area contributed by atoms with E-state index in [4.69, 9.17) is 9.47 Å². The first-order chi connectivity index (χ1) is 12.2. The normalized spacial score (nSPS) is 16.4. The van der Waals surface area contributed by atoms with Crippen molar-refractivity contribution >= 4 is 22.8 Å². The predicted molar refractivity (Wildman–Crippen MR) is 98.0 cm³/mol. The molecule has 1 fully saturated rings. The fourth-order valence-corrected chi connectivity index (χ4v) is 2.97. The van der Waals surface area contributed by atoms with E-state index in [1.165, 1.54) is 0 Å². The molecule has 1 unspecified atom stereocenters. The lowest BCUT2D eigenvalue weighted by atomic mass is 10.1. The average Bonchev–Trinajstić information content (AvgIpc) is 3.41. The number of benzene rings is 2. The molecule has 3 aromatic rings. The Morgan fingerprint density at radius 2 is 2.00 bits per heavy atom. The SMILES string of the molecule is COc1ccc(C(=O)C=Cc2cn(CC3CO3)c3ccccc23)cc1. The van der Waals surface area contributed by atoms with E-state index in [0.29, 0.717) is 11.7 Å². The maximum absolute atomic E-state index is 12.4. The van der Waals surface area contributed by atoms with Crippen molar-refractivity contribution in [1.29, 1.82) is 0 Å². The molecule has 25 heavy (non-hydrogen) atoms. The van der Waals surface area contributed by atoms with Gasteiger partial charge in [-0.05, 0) is 42.5 Å². The van der Waals surface area contributed by atoms with Gasteiger partial charge in [0.15, 0.2) is 5.78 Å². The molecule has 1 aromatic heterocycles. The van der Waals surface area contributed by atoms with E-state index in [0.717, 1.165) is 35.4 Å². The Hall–Kier alpha value is -2.85. The van der Waals surface area contributed by atoms with Gasteiger partial charge in [0.1, 0.15) is 5.75 Å². The molecular weight excluding hydrogens is 314 g/mol. The number of rotatable bonds is 6. The number of aromatic nitrogens is 1. The Kier molecular flexibility index (Phi) is 4.12. The van der Waals surface area contributed by atoms with E-state index in [1.807, 2.05) is 18.2 Å². The second-order valence-electron chi connectivity index (χ2n) is 6.14. The van der Waals surface area contributed by atoms with Crippen LogP contribution in [0.5, 0.6) is 5.75 Å². The van der Waals surface area contributed by atoms with Crippen molar-refractivity contribution < 1.29 is 14.3 Å². The molecular formula is C21H19NO3. The molecule has 2 heterocycles. The molecule has 0 N–H and O–H groups in total. The number of carbonyl (C=O) groups is 1. The lowest BCUT2D eigenvalue weighted by Gasteiger charge is -2.00. The molecule has 1 saturated heterocycles. The Morgan fingerprint density at radius 1 is 1.24 bits per heavy atom. The van der Waals surface area contributed by atoms with Gasteiger partial charge in [-0.3, -0.25) is 4.79 Å². The van der Waals surface area contributed by atoms with Crippen LogP contribution in [0.3, 0.4) is 0 Å². The summed E-state index contributed by atoms with van der Waals surface area (Å²) in [6.07, 6.45) is 5.92. The van der Waals surface area contributed by atoms with Gasteiger partial charge in [0.05, 0.1) is 26.4 Å². The third-order valence-electron chi connectivity index (χ3n) is 4.41. The van der Waals surface area contributed by atoms with Crippen LogP contribution in [-0.4, -0.2) is 30.2 Å². The molecule has 126 valence electrons. The maximum Gasteiger partial charge on any atom is 0.185 e. The van der Waals surface area contributed by atoms with Crippen LogP contribution in [0.1, 0.15) is 15.9 Å². The van der Waals surface area contributed by atoms with Crippen LogP contribution in [0.15, 0.2) is 60.8 Å². The van der Waals surface area contributed by atoms with Gasteiger partial charge in [0, 0.05) is 28.2 Å². The number of allylic oxidation sites excluding steroid dienone is 1. The molecule has 0 aliphatic carbocycles. The molecule has 0 saturated carbocycles. The summed E-state index contributed by atoms with van der Waals surface area (Å²) in [7, 11) is 1.61. The van der Waals surface area contributed by atoms with Gasteiger partial charge in [-0.25, -0.2) is 0 Å². The molecule has 4 nitrogen and oxygen atoms in total. The van der Waals surface area contributed by atoms with Crippen molar-refractivity contribution in [1.82, 2.24) is 4.57 Å². The average molecular weight is 333 g/mol. The minimum absolute atomic E-state index is 0.0231. The highest BCUT2D eigenvalue weighted by molar-refractivity contribution is 6.07. The zero-order chi connectivity index (χ0) is 17.2. The van der Waals surface area contributed by atoms with Crippen molar-refractivity contribution in [3.8, 4) is 5.75 Å². The summed E-state index contributed by atoms with van der Waals surface area (Å²) in [5, 5.41) is 1.14. The van der Waals surface area contributed by atoms with Crippen LogP contribution in [0.4, 0.5) is 0 Å². The lowest BCUT2D eigenvalue weighted by Crippen LogP contribution is -2.01. The number of ether oxygens (including phenoxy) is 2. The zero-order valence-corrected chi connectivity index (χ0v) is 14.0. The van der Waals surface area contributed by atoms with Crippen molar-refractivity contribution in [3.63, 3.8) is 0 Å². The molecule has 0 bridgehead atoms. The topological polar surface area (TPSA) is 43.8 Å². The van der Waals surface area contributed by atoms with Gasteiger partial charge in [-0.1, -0.05) is 18.2 Å². The zero-order valence-electron chi connectivity index (χ0n) is 14.0. The number of hydrogen-bond donors (Lipinski definition) is 0. The highest BCUT2D eigenvalue weighted by Gasteiger charge is 2.23. The predicted octanol–water partition coefficient (Wildman–Crippen LogP) is 3.94. The quantitative estimate of drug-likeness (QED) is 0.390. The molecule has 2 aromatic carbocycles. The number of nitrogens with zero attached hydrogens (tertiary/aromatic N) is 1. The fourth-order valence-electron chi connectivity index (χ4n) is 2.97. The first-order valence-corrected chi connectivity index (χ1v) is 8.30. The smallest absolute Gasteiger partial charge is 0.185 e. The first-order valence-electron chi connectivity index (χ1n) is 8.30. The Bertz CT molecular complexity index is 933. The Balaban J connectivity index is 1.60. The van der Waals surface area contributed by atoms with Crippen LogP contribution < -0.4 is 4.74 Å². The van der Waals surface area contributed by atoms with E-state index < -0.39 is 0 Å². The van der Waals surface area contributed by atoms with Gasteiger partial charge in [-0.2, -0.15) is 0 Å².